The molecular weight excluding hydrogens is 396 g/mol. The summed E-state index contributed by atoms with van der Waals surface area (Å²) in [5.41, 5.74) is 4.48. The molecule has 2 aromatic rings. The van der Waals surface area contributed by atoms with Gasteiger partial charge in [-0.2, -0.15) is 5.10 Å². The minimum atomic E-state index is -0.971. The number of benzene rings is 1. The summed E-state index contributed by atoms with van der Waals surface area (Å²) in [7, 11) is 0. The van der Waals surface area contributed by atoms with Gasteiger partial charge in [-0.05, 0) is 36.8 Å². The summed E-state index contributed by atoms with van der Waals surface area (Å²) in [5.74, 6) is 0.114. The van der Waals surface area contributed by atoms with Crippen LogP contribution in [0.2, 0.25) is 5.02 Å². The van der Waals surface area contributed by atoms with E-state index < -0.39 is 11.5 Å². The molecule has 0 bridgehead atoms. The second kappa shape index (κ2) is 9.76. The van der Waals surface area contributed by atoms with Crippen LogP contribution in [0.4, 0.5) is 0 Å². The molecule has 2 N–H and O–H groups in total. The van der Waals surface area contributed by atoms with Crippen molar-refractivity contribution in [1.82, 2.24) is 14.7 Å². The number of carbonyl (C=O) groups is 2. The molecule has 1 aliphatic heterocycles. The number of ether oxygens (including phenoxy) is 2. The zero-order valence-electron chi connectivity index (χ0n) is 16.1. The fourth-order valence-electron chi connectivity index (χ4n) is 3.35. The average Bonchev–Trinajstić information content (AvgIpc) is 3.21. The van der Waals surface area contributed by atoms with E-state index in [2.05, 4.69) is 5.10 Å². The zero-order chi connectivity index (χ0) is 20.7. The van der Waals surface area contributed by atoms with Crippen molar-refractivity contribution >= 4 is 23.4 Å². The van der Waals surface area contributed by atoms with Gasteiger partial charge in [0.15, 0.2) is 0 Å². The maximum Gasteiger partial charge on any atom is 0.222 e. The third-order valence-corrected chi connectivity index (χ3v) is 5.00. The van der Waals surface area contributed by atoms with Crippen LogP contribution in [-0.2, 0) is 20.9 Å². The fraction of sp³-hybridized carbons (Fsp3) is 0.450. The molecule has 0 unspecified atom stereocenters. The molecule has 2 amide bonds. The molecule has 1 aliphatic rings. The highest BCUT2D eigenvalue weighted by Crippen LogP contribution is 2.25. The van der Waals surface area contributed by atoms with Gasteiger partial charge in [0.2, 0.25) is 11.8 Å². The van der Waals surface area contributed by atoms with Gasteiger partial charge in [0, 0.05) is 36.9 Å². The number of primary amides is 1. The highest BCUT2D eigenvalue weighted by Gasteiger charge is 2.40. The number of hydrogen-bond acceptors (Lipinski definition) is 5. The molecule has 29 heavy (non-hydrogen) atoms. The first-order valence-electron chi connectivity index (χ1n) is 9.52. The number of carbonyl (C=O) groups excluding carboxylic acids is 2. The SMILES string of the molecule is NC(=O)C[C@@]1(COc2ccc(Cl)cc2)CN(C(=O)CCCn2cccn2)CCO1. The molecule has 0 aliphatic carbocycles. The van der Waals surface area contributed by atoms with E-state index in [-0.39, 0.29) is 25.5 Å². The number of nitrogens with two attached hydrogens (primary N) is 1. The first-order chi connectivity index (χ1) is 14.0. The van der Waals surface area contributed by atoms with Gasteiger partial charge >= 0.3 is 0 Å². The van der Waals surface area contributed by atoms with Crippen molar-refractivity contribution in [1.29, 1.82) is 0 Å². The van der Waals surface area contributed by atoms with Crippen LogP contribution in [0.15, 0.2) is 42.7 Å². The van der Waals surface area contributed by atoms with Gasteiger partial charge < -0.3 is 20.1 Å². The van der Waals surface area contributed by atoms with Gasteiger partial charge in [0.05, 0.1) is 19.6 Å². The maximum atomic E-state index is 12.7. The van der Waals surface area contributed by atoms with Crippen LogP contribution in [0.1, 0.15) is 19.3 Å². The van der Waals surface area contributed by atoms with Gasteiger partial charge in [-0.15, -0.1) is 0 Å². The van der Waals surface area contributed by atoms with Gasteiger partial charge in [0.25, 0.3) is 0 Å². The van der Waals surface area contributed by atoms with E-state index in [9.17, 15) is 9.59 Å². The summed E-state index contributed by atoms with van der Waals surface area (Å²) in [4.78, 5) is 26.1. The molecule has 156 valence electrons. The van der Waals surface area contributed by atoms with Crippen molar-refractivity contribution in [3.05, 3.63) is 47.7 Å². The molecule has 1 aromatic heterocycles. The number of amides is 2. The van der Waals surface area contributed by atoms with Gasteiger partial charge in [-0.1, -0.05) is 11.6 Å². The summed E-state index contributed by atoms with van der Waals surface area (Å²) in [5, 5.41) is 4.74. The Balaban J connectivity index is 1.59. The predicted octanol–water partition coefficient (Wildman–Crippen LogP) is 1.87. The van der Waals surface area contributed by atoms with E-state index in [0.29, 0.717) is 43.3 Å². The van der Waals surface area contributed by atoms with Crippen LogP contribution in [0.3, 0.4) is 0 Å². The van der Waals surface area contributed by atoms with Crippen LogP contribution < -0.4 is 10.5 Å². The molecule has 3 rings (SSSR count). The summed E-state index contributed by atoms with van der Waals surface area (Å²) in [6.45, 7) is 1.83. The van der Waals surface area contributed by atoms with E-state index in [1.54, 1.807) is 40.0 Å². The minimum absolute atomic E-state index is 0.0146. The molecular formula is C20H25ClN4O4. The van der Waals surface area contributed by atoms with E-state index in [4.69, 9.17) is 26.8 Å². The van der Waals surface area contributed by atoms with Gasteiger partial charge in [0.1, 0.15) is 18.0 Å². The minimum Gasteiger partial charge on any atom is -0.490 e. The lowest BCUT2D eigenvalue weighted by Gasteiger charge is -2.42. The van der Waals surface area contributed by atoms with Crippen molar-refractivity contribution < 1.29 is 19.1 Å². The number of hydrogen-bond donors (Lipinski definition) is 1. The van der Waals surface area contributed by atoms with Crippen LogP contribution in [0.5, 0.6) is 5.75 Å². The van der Waals surface area contributed by atoms with E-state index in [0.717, 1.165) is 0 Å². The number of rotatable bonds is 9. The van der Waals surface area contributed by atoms with Crippen molar-refractivity contribution in [3.63, 3.8) is 0 Å². The summed E-state index contributed by atoms with van der Waals surface area (Å²) in [6, 6.07) is 8.76. The highest BCUT2D eigenvalue weighted by molar-refractivity contribution is 6.30. The Hall–Kier alpha value is -2.58. The Kier molecular flexibility index (Phi) is 7.11. The molecule has 1 aromatic carbocycles. The normalized spacial score (nSPS) is 19.1. The molecule has 1 fully saturated rings. The van der Waals surface area contributed by atoms with Crippen molar-refractivity contribution in [2.24, 2.45) is 5.73 Å². The molecule has 1 atom stereocenters. The summed E-state index contributed by atoms with van der Waals surface area (Å²) in [6.07, 6.45) is 4.62. The third kappa shape index (κ3) is 6.20. The first-order valence-corrected chi connectivity index (χ1v) is 9.89. The third-order valence-electron chi connectivity index (χ3n) is 4.75. The molecule has 1 saturated heterocycles. The highest BCUT2D eigenvalue weighted by atomic mass is 35.5. The molecule has 2 heterocycles. The Labute approximate surface area is 174 Å². The van der Waals surface area contributed by atoms with E-state index in [1.807, 2.05) is 12.3 Å². The van der Waals surface area contributed by atoms with Crippen molar-refractivity contribution in [2.45, 2.75) is 31.4 Å². The van der Waals surface area contributed by atoms with Crippen LogP contribution in [0.25, 0.3) is 0 Å². The van der Waals surface area contributed by atoms with E-state index >= 15 is 0 Å². The Morgan fingerprint density at radius 3 is 2.79 bits per heavy atom. The summed E-state index contributed by atoms with van der Waals surface area (Å²) >= 11 is 5.89. The number of nitrogens with zero attached hydrogens (tertiary/aromatic N) is 3. The van der Waals surface area contributed by atoms with Crippen LogP contribution >= 0.6 is 11.6 Å². The standard InChI is InChI=1S/C20H25ClN4O4/c21-16-4-6-17(7-5-16)28-15-20(13-18(22)26)14-24(11-12-29-20)19(27)3-1-9-25-10-2-8-23-25/h2,4-8,10H,1,3,9,11-15H2,(H2,22,26)/t20-/m0/s1. The quantitative estimate of drug-likeness (QED) is 0.667. The maximum absolute atomic E-state index is 12.7. The molecule has 8 nitrogen and oxygen atoms in total. The topological polar surface area (TPSA) is 99.7 Å². The first kappa shape index (κ1) is 21.1. The van der Waals surface area contributed by atoms with Crippen LogP contribution in [0, 0.1) is 0 Å². The van der Waals surface area contributed by atoms with Gasteiger partial charge in [-0.3, -0.25) is 14.3 Å². The lowest BCUT2D eigenvalue weighted by atomic mass is 9.97. The molecule has 9 heteroatoms. The van der Waals surface area contributed by atoms with Crippen molar-refractivity contribution in [2.75, 3.05) is 26.3 Å². The van der Waals surface area contributed by atoms with Crippen LogP contribution in [-0.4, -0.2) is 58.4 Å². The number of aryl methyl sites for hydroxylation is 1. The Bertz CT molecular complexity index is 812. The Morgan fingerprint density at radius 2 is 2.10 bits per heavy atom. The zero-order valence-corrected chi connectivity index (χ0v) is 16.9. The monoisotopic (exact) mass is 420 g/mol. The van der Waals surface area contributed by atoms with Crippen molar-refractivity contribution in [3.8, 4) is 5.75 Å². The summed E-state index contributed by atoms with van der Waals surface area (Å²) < 4.78 is 13.5. The molecule has 0 spiro atoms. The average molecular weight is 421 g/mol. The fourth-order valence-corrected chi connectivity index (χ4v) is 3.48. The second-order valence-corrected chi connectivity index (χ2v) is 7.54. The molecule has 0 radical (unpaired) electrons. The van der Waals surface area contributed by atoms with Gasteiger partial charge in [-0.25, -0.2) is 0 Å². The number of morpholine rings is 1. The number of aromatic nitrogens is 2. The second-order valence-electron chi connectivity index (χ2n) is 7.11. The smallest absolute Gasteiger partial charge is 0.222 e. The Morgan fingerprint density at radius 1 is 1.31 bits per heavy atom. The number of halogens is 1. The van der Waals surface area contributed by atoms with E-state index in [1.165, 1.54) is 0 Å². The molecule has 0 saturated carbocycles. The lowest BCUT2D eigenvalue weighted by molar-refractivity contribution is -0.161. The largest absolute Gasteiger partial charge is 0.490 e. The lowest BCUT2D eigenvalue weighted by Crippen LogP contribution is -2.58. The predicted molar refractivity (Wildman–Crippen MR) is 107 cm³/mol.